The number of likely N-dealkylation sites (tertiary alicyclic amines) is 1. The van der Waals surface area contributed by atoms with E-state index in [9.17, 15) is 14.4 Å². The maximum absolute atomic E-state index is 12.9. The lowest BCUT2D eigenvalue weighted by Crippen LogP contribution is -2.45. The number of carboxylic acid groups (broad SMARTS) is 1. The number of hydrogen-bond donors (Lipinski definition) is 3. The van der Waals surface area contributed by atoms with Crippen molar-refractivity contribution in [3.05, 3.63) is 83.4 Å². The summed E-state index contributed by atoms with van der Waals surface area (Å²) in [4.78, 5) is 38.1. The van der Waals surface area contributed by atoms with Gasteiger partial charge in [-0.3, -0.25) is 4.79 Å². The van der Waals surface area contributed by atoms with Crippen LogP contribution in [-0.4, -0.2) is 40.5 Å². The first-order chi connectivity index (χ1) is 15.9. The van der Waals surface area contributed by atoms with Crippen molar-refractivity contribution in [1.29, 1.82) is 0 Å². The average Bonchev–Trinajstić information content (AvgIpc) is 3.32. The van der Waals surface area contributed by atoms with E-state index >= 15 is 0 Å². The summed E-state index contributed by atoms with van der Waals surface area (Å²) in [6, 6.07) is 19.8. The summed E-state index contributed by atoms with van der Waals surface area (Å²) < 4.78 is 0. The van der Waals surface area contributed by atoms with Crippen molar-refractivity contribution in [3.63, 3.8) is 0 Å². The number of urea groups is 1. The van der Waals surface area contributed by atoms with Gasteiger partial charge in [-0.1, -0.05) is 35.9 Å². The van der Waals surface area contributed by atoms with Crippen molar-refractivity contribution < 1.29 is 19.5 Å². The van der Waals surface area contributed by atoms with E-state index in [2.05, 4.69) is 10.6 Å². The van der Waals surface area contributed by atoms with Crippen LogP contribution in [0.2, 0.25) is 5.02 Å². The molecule has 0 spiro atoms. The molecule has 4 rings (SSSR count). The number of rotatable bonds is 5. The molecule has 0 saturated carbocycles. The molecule has 3 N–H and O–H groups in total. The Morgan fingerprint density at radius 1 is 0.818 bits per heavy atom. The lowest BCUT2D eigenvalue weighted by Gasteiger charge is -2.24. The third kappa shape index (κ3) is 5.32. The maximum atomic E-state index is 12.9. The van der Waals surface area contributed by atoms with Gasteiger partial charge in [-0.15, -0.1) is 0 Å². The Kier molecular flexibility index (Phi) is 6.60. The minimum atomic E-state index is -0.970. The molecular formula is C25H22ClN3O4. The van der Waals surface area contributed by atoms with Gasteiger partial charge in [0.05, 0.1) is 5.56 Å². The zero-order valence-electron chi connectivity index (χ0n) is 17.6. The van der Waals surface area contributed by atoms with Gasteiger partial charge in [-0.25, -0.2) is 9.59 Å². The van der Waals surface area contributed by atoms with Gasteiger partial charge in [-0.05, 0) is 72.5 Å². The van der Waals surface area contributed by atoms with Crippen LogP contribution in [0.1, 0.15) is 23.2 Å². The number of carboxylic acids is 1. The van der Waals surface area contributed by atoms with E-state index in [1.165, 1.54) is 0 Å². The van der Waals surface area contributed by atoms with E-state index in [0.29, 0.717) is 29.4 Å². The SMILES string of the molecule is O=C(O)c1ccc(-c2ccc(NC(=O)[C@H]3CCCN3C(=O)Nc3ccc(Cl)cc3)cc2)cc1. The lowest BCUT2D eigenvalue weighted by molar-refractivity contribution is -0.119. The van der Waals surface area contributed by atoms with E-state index in [1.807, 2.05) is 12.1 Å². The van der Waals surface area contributed by atoms with Crippen molar-refractivity contribution in [2.45, 2.75) is 18.9 Å². The first-order valence-corrected chi connectivity index (χ1v) is 10.9. The van der Waals surface area contributed by atoms with Crippen molar-refractivity contribution in [2.24, 2.45) is 0 Å². The number of nitrogens with one attached hydrogen (secondary N) is 2. The summed E-state index contributed by atoms with van der Waals surface area (Å²) in [5, 5.41) is 15.3. The minimum absolute atomic E-state index is 0.226. The van der Waals surface area contributed by atoms with E-state index < -0.39 is 12.0 Å². The molecule has 1 aliphatic heterocycles. The summed E-state index contributed by atoms with van der Waals surface area (Å²) in [5.74, 6) is -1.21. The number of benzene rings is 3. The number of carbonyl (C=O) groups excluding carboxylic acids is 2. The predicted molar refractivity (Wildman–Crippen MR) is 128 cm³/mol. The highest BCUT2D eigenvalue weighted by Crippen LogP contribution is 2.24. The Morgan fingerprint density at radius 3 is 1.97 bits per heavy atom. The monoisotopic (exact) mass is 463 g/mol. The number of carbonyl (C=O) groups is 3. The molecule has 0 bridgehead atoms. The molecule has 1 atom stereocenters. The Balaban J connectivity index is 1.39. The zero-order chi connectivity index (χ0) is 23.4. The van der Waals surface area contributed by atoms with Crippen molar-refractivity contribution in [3.8, 4) is 11.1 Å². The van der Waals surface area contributed by atoms with Gasteiger partial charge >= 0.3 is 12.0 Å². The second kappa shape index (κ2) is 9.75. The van der Waals surface area contributed by atoms with Crippen LogP contribution in [0.5, 0.6) is 0 Å². The molecule has 33 heavy (non-hydrogen) atoms. The molecule has 0 aromatic heterocycles. The van der Waals surface area contributed by atoms with Gasteiger partial charge < -0.3 is 20.6 Å². The highest BCUT2D eigenvalue weighted by atomic mass is 35.5. The fourth-order valence-electron chi connectivity index (χ4n) is 3.79. The third-order valence-corrected chi connectivity index (χ3v) is 5.78. The standard InChI is InChI=1S/C25H22ClN3O4/c26-19-9-13-21(14-10-19)28-25(33)29-15-1-2-22(29)23(30)27-20-11-7-17(8-12-20)16-3-5-18(6-4-16)24(31)32/h3-14,22H,1-2,15H2,(H,27,30)(H,28,33)(H,31,32)/t22-/m1/s1. The molecule has 3 aromatic carbocycles. The predicted octanol–water partition coefficient (Wildman–Crippen LogP) is 5.34. The first-order valence-electron chi connectivity index (χ1n) is 10.5. The van der Waals surface area contributed by atoms with Crippen LogP contribution >= 0.6 is 11.6 Å². The summed E-state index contributed by atoms with van der Waals surface area (Å²) in [5.41, 5.74) is 3.23. The van der Waals surface area contributed by atoms with Crippen LogP contribution in [0.4, 0.5) is 16.2 Å². The number of nitrogens with zero attached hydrogens (tertiary/aromatic N) is 1. The molecule has 1 aliphatic rings. The summed E-state index contributed by atoms with van der Waals surface area (Å²) in [6.45, 7) is 0.503. The van der Waals surface area contributed by atoms with Crippen LogP contribution in [-0.2, 0) is 4.79 Å². The molecule has 0 radical (unpaired) electrons. The Bertz CT molecular complexity index is 1160. The van der Waals surface area contributed by atoms with Crippen molar-refractivity contribution in [1.82, 2.24) is 4.90 Å². The molecule has 0 aliphatic carbocycles. The Labute approximate surface area is 196 Å². The summed E-state index contributed by atoms with van der Waals surface area (Å²) >= 11 is 5.88. The molecule has 1 fully saturated rings. The average molecular weight is 464 g/mol. The van der Waals surface area contributed by atoms with Crippen LogP contribution < -0.4 is 10.6 Å². The van der Waals surface area contributed by atoms with Gasteiger partial charge in [0.25, 0.3) is 0 Å². The van der Waals surface area contributed by atoms with E-state index in [1.54, 1.807) is 65.6 Å². The largest absolute Gasteiger partial charge is 0.478 e. The van der Waals surface area contributed by atoms with E-state index in [4.69, 9.17) is 16.7 Å². The quantitative estimate of drug-likeness (QED) is 0.475. The van der Waals surface area contributed by atoms with Gasteiger partial charge in [0.1, 0.15) is 6.04 Å². The van der Waals surface area contributed by atoms with Gasteiger partial charge in [-0.2, -0.15) is 0 Å². The normalized spacial score (nSPS) is 15.2. The molecule has 8 heteroatoms. The van der Waals surface area contributed by atoms with E-state index in [-0.39, 0.29) is 17.5 Å². The highest BCUT2D eigenvalue weighted by Gasteiger charge is 2.34. The molecular weight excluding hydrogens is 442 g/mol. The van der Waals surface area contributed by atoms with Gasteiger partial charge in [0.15, 0.2) is 0 Å². The molecule has 3 amide bonds. The van der Waals surface area contributed by atoms with Crippen LogP contribution in [0, 0.1) is 0 Å². The number of anilines is 2. The number of amides is 3. The summed E-state index contributed by atoms with van der Waals surface area (Å²) in [7, 11) is 0. The smallest absolute Gasteiger partial charge is 0.335 e. The van der Waals surface area contributed by atoms with E-state index in [0.717, 1.165) is 17.5 Å². The van der Waals surface area contributed by atoms with Gasteiger partial charge in [0, 0.05) is 22.9 Å². The summed E-state index contributed by atoms with van der Waals surface area (Å²) in [6.07, 6.45) is 1.34. The number of hydrogen-bond acceptors (Lipinski definition) is 3. The molecule has 1 heterocycles. The second-order valence-electron chi connectivity index (χ2n) is 7.74. The first kappa shape index (κ1) is 22.4. The number of halogens is 1. The van der Waals surface area contributed by atoms with Crippen molar-refractivity contribution in [2.75, 3.05) is 17.2 Å². The van der Waals surface area contributed by atoms with Crippen LogP contribution in [0.25, 0.3) is 11.1 Å². The fraction of sp³-hybridized carbons (Fsp3) is 0.160. The topological polar surface area (TPSA) is 98.7 Å². The van der Waals surface area contributed by atoms with Crippen LogP contribution in [0.3, 0.4) is 0 Å². The Morgan fingerprint density at radius 2 is 1.36 bits per heavy atom. The second-order valence-corrected chi connectivity index (χ2v) is 8.17. The molecule has 3 aromatic rings. The fourth-order valence-corrected chi connectivity index (χ4v) is 3.91. The highest BCUT2D eigenvalue weighted by molar-refractivity contribution is 6.30. The zero-order valence-corrected chi connectivity index (χ0v) is 18.4. The minimum Gasteiger partial charge on any atom is -0.478 e. The molecule has 0 unspecified atom stereocenters. The van der Waals surface area contributed by atoms with Gasteiger partial charge in [0.2, 0.25) is 5.91 Å². The molecule has 168 valence electrons. The van der Waals surface area contributed by atoms with Crippen LogP contribution in [0.15, 0.2) is 72.8 Å². The maximum Gasteiger partial charge on any atom is 0.335 e. The molecule has 7 nitrogen and oxygen atoms in total. The third-order valence-electron chi connectivity index (χ3n) is 5.53. The number of aromatic carboxylic acids is 1. The molecule has 1 saturated heterocycles. The van der Waals surface area contributed by atoms with Crippen molar-refractivity contribution >= 4 is 40.9 Å². The Hall–Kier alpha value is -3.84. The lowest BCUT2D eigenvalue weighted by atomic mass is 10.0.